The second-order valence-electron chi connectivity index (χ2n) is 4.60. The van der Waals surface area contributed by atoms with Gasteiger partial charge in [0.05, 0.1) is 11.8 Å². The molecule has 0 aliphatic carbocycles. The van der Waals surface area contributed by atoms with Crippen molar-refractivity contribution in [1.82, 2.24) is 4.98 Å². The van der Waals surface area contributed by atoms with Gasteiger partial charge < -0.3 is 20.8 Å². The number of aliphatic hydroxyl groups excluding tert-OH is 1. The van der Waals surface area contributed by atoms with Crippen LogP contribution in [0, 0.1) is 6.92 Å². The minimum absolute atomic E-state index is 0.174. The Morgan fingerprint density at radius 1 is 1.05 bits per heavy atom. The number of anilines is 2. The van der Waals surface area contributed by atoms with E-state index >= 15 is 0 Å². The van der Waals surface area contributed by atoms with Crippen LogP contribution >= 0.6 is 0 Å². The summed E-state index contributed by atoms with van der Waals surface area (Å²) in [6, 6.07) is 12.6. The molecule has 1 unspecified atom stereocenters. The normalized spacial score (nSPS) is 11.9. The molecule has 0 aliphatic heterocycles. The fraction of sp³-hybridized carbons (Fsp3) is 0.267. The molecule has 0 saturated heterocycles. The van der Waals surface area contributed by atoms with E-state index in [1.54, 1.807) is 18.2 Å². The van der Waals surface area contributed by atoms with E-state index in [1.807, 2.05) is 31.2 Å². The number of phenolic OH excluding ortho intramolecular Hbond substituents is 1. The summed E-state index contributed by atoms with van der Waals surface area (Å²) < 4.78 is 0. The largest absolute Gasteiger partial charge is 0.506 e. The van der Waals surface area contributed by atoms with Crippen molar-refractivity contribution in [2.45, 2.75) is 13.0 Å². The van der Waals surface area contributed by atoms with Gasteiger partial charge in [-0.25, -0.2) is 4.98 Å². The van der Waals surface area contributed by atoms with Crippen LogP contribution in [0.2, 0.25) is 0 Å². The van der Waals surface area contributed by atoms with Gasteiger partial charge in [-0.3, -0.25) is 0 Å². The Balaban J connectivity index is 1.78. The number of nitrogens with one attached hydrogen (secondary N) is 2. The molecule has 5 heteroatoms. The smallest absolute Gasteiger partial charge is 0.138 e. The first-order valence-corrected chi connectivity index (χ1v) is 6.52. The fourth-order valence-electron chi connectivity index (χ4n) is 1.79. The first-order chi connectivity index (χ1) is 9.65. The first kappa shape index (κ1) is 14.1. The average Bonchev–Trinajstić information content (AvgIpc) is 2.44. The first-order valence-electron chi connectivity index (χ1n) is 6.52. The van der Waals surface area contributed by atoms with E-state index in [0.29, 0.717) is 18.8 Å². The molecule has 1 atom stereocenters. The third-order valence-electron chi connectivity index (χ3n) is 2.84. The molecule has 0 bridgehead atoms. The van der Waals surface area contributed by atoms with Crippen LogP contribution in [-0.2, 0) is 0 Å². The second-order valence-corrected chi connectivity index (χ2v) is 4.60. The molecule has 0 fully saturated rings. The lowest BCUT2D eigenvalue weighted by Gasteiger charge is -2.14. The molecule has 4 N–H and O–H groups in total. The Morgan fingerprint density at radius 3 is 2.55 bits per heavy atom. The van der Waals surface area contributed by atoms with Crippen molar-refractivity contribution in [3.05, 3.63) is 48.2 Å². The van der Waals surface area contributed by atoms with E-state index in [0.717, 1.165) is 11.5 Å². The Kier molecular flexibility index (Phi) is 4.79. The molecule has 1 aromatic carbocycles. The molecule has 0 aliphatic rings. The molecule has 2 rings (SSSR count). The van der Waals surface area contributed by atoms with E-state index in [4.69, 9.17) is 0 Å². The lowest BCUT2D eigenvalue weighted by atomic mass is 10.2. The van der Waals surface area contributed by atoms with Crippen molar-refractivity contribution in [1.29, 1.82) is 0 Å². The summed E-state index contributed by atoms with van der Waals surface area (Å²) in [5, 5.41) is 25.6. The van der Waals surface area contributed by atoms with Gasteiger partial charge in [-0.05, 0) is 31.2 Å². The maximum atomic E-state index is 9.90. The number of hydrogen-bond donors (Lipinski definition) is 4. The van der Waals surface area contributed by atoms with Crippen LogP contribution in [0.4, 0.5) is 11.5 Å². The maximum absolute atomic E-state index is 9.90. The van der Waals surface area contributed by atoms with E-state index < -0.39 is 6.10 Å². The Morgan fingerprint density at radius 2 is 1.80 bits per heavy atom. The van der Waals surface area contributed by atoms with Crippen LogP contribution < -0.4 is 10.6 Å². The molecular formula is C15H19N3O2. The van der Waals surface area contributed by atoms with Crippen LogP contribution in [0.3, 0.4) is 0 Å². The van der Waals surface area contributed by atoms with Gasteiger partial charge in [0.1, 0.15) is 11.6 Å². The van der Waals surface area contributed by atoms with Gasteiger partial charge in [-0.1, -0.05) is 18.2 Å². The highest BCUT2D eigenvalue weighted by Gasteiger charge is 2.06. The third-order valence-corrected chi connectivity index (χ3v) is 2.84. The molecule has 0 radical (unpaired) electrons. The molecule has 106 valence electrons. The molecule has 0 spiro atoms. The van der Waals surface area contributed by atoms with Crippen molar-refractivity contribution in [3.63, 3.8) is 0 Å². The summed E-state index contributed by atoms with van der Waals surface area (Å²) >= 11 is 0. The minimum atomic E-state index is -0.586. The summed E-state index contributed by atoms with van der Waals surface area (Å²) in [6.45, 7) is 2.65. The summed E-state index contributed by atoms with van der Waals surface area (Å²) in [4.78, 5) is 4.29. The number of aliphatic hydroxyl groups is 1. The van der Waals surface area contributed by atoms with Crippen LogP contribution in [0.1, 0.15) is 5.69 Å². The van der Waals surface area contributed by atoms with Crippen LogP contribution in [0.25, 0.3) is 0 Å². The number of hydrogen-bond acceptors (Lipinski definition) is 5. The van der Waals surface area contributed by atoms with Gasteiger partial charge in [0.2, 0.25) is 0 Å². The average molecular weight is 273 g/mol. The van der Waals surface area contributed by atoms with Gasteiger partial charge in [-0.2, -0.15) is 0 Å². The van der Waals surface area contributed by atoms with Crippen LogP contribution in [0.5, 0.6) is 5.75 Å². The van der Waals surface area contributed by atoms with Crippen molar-refractivity contribution in [3.8, 4) is 5.75 Å². The van der Waals surface area contributed by atoms with Crippen LogP contribution in [-0.4, -0.2) is 34.4 Å². The number of aromatic hydroxyl groups is 1. The number of phenols is 1. The van der Waals surface area contributed by atoms with E-state index in [-0.39, 0.29) is 5.75 Å². The van der Waals surface area contributed by atoms with Gasteiger partial charge in [0.25, 0.3) is 0 Å². The van der Waals surface area contributed by atoms with Gasteiger partial charge in [0.15, 0.2) is 0 Å². The number of para-hydroxylation sites is 2. The zero-order valence-corrected chi connectivity index (χ0v) is 11.4. The van der Waals surface area contributed by atoms with E-state index in [1.165, 1.54) is 0 Å². The predicted octanol–water partition coefficient (Wildman–Crippen LogP) is 1.98. The number of pyridine rings is 1. The molecule has 0 amide bonds. The molecule has 5 nitrogen and oxygen atoms in total. The lowest BCUT2D eigenvalue weighted by molar-refractivity contribution is 0.200. The van der Waals surface area contributed by atoms with Gasteiger partial charge in [0, 0.05) is 18.8 Å². The Labute approximate surface area is 118 Å². The summed E-state index contributed by atoms with van der Waals surface area (Å²) in [7, 11) is 0. The number of rotatable bonds is 6. The lowest BCUT2D eigenvalue weighted by Crippen LogP contribution is -2.27. The summed E-state index contributed by atoms with van der Waals surface area (Å²) in [5.41, 5.74) is 1.54. The number of benzene rings is 1. The minimum Gasteiger partial charge on any atom is -0.506 e. The van der Waals surface area contributed by atoms with Crippen LogP contribution in [0.15, 0.2) is 42.5 Å². The highest BCUT2D eigenvalue weighted by molar-refractivity contribution is 5.55. The highest BCUT2D eigenvalue weighted by atomic mass is 16.3. The SMILES string of the molecule is Cc1cccc(NCC(O)CNc2ccccc2O)n1. The predicted molar refractivity (Wildman–Crippen MR) is 80.1 cm³/mol. The fourth-order valence-corrected chi connectivity index (χ4v) is 1.79. The number of nitrogens with zero attached hydrogens (tertiary/aromatic N) is 1. The van der Waals surface area contributed by atoms with Crippen molar-refractivity contribution < 1.29 is 10.2 Å². The quantitative estimate of drug-likeness (QED) is 0.605. The summed E-state index contributed by atoms with van der Waals surface area (Å²) in [6.07, 6.45) is -0.586. The van der Waals surface area contributed by atoms with Crippen molar-refractivity contribution in [2.75, 3.05) is 23.7 Å². The van der Waals surface area contributed by atoms with E-state index in [9.17, 15) is 10.2 Å². The standard InChI is InChI=1S/C15H19N3O2/c1-11-5-4-8-15(18-11)17-10-12(19)9-16-13-6-2-3-7-14(13)20/h2-8,12,16,19-20H,9-10H2,1H3,(H,17,18). The highest BCUT2D eigenvalue weighted by Crippen LogP contribution is 2.21. The number of aromatic nitrogens is 1. The van der Waals surface area contributed by atoms with E-state index in [2.05, 4.69) is 15.6 Å². The Hall–Kier alpha value is -2.27. The van der Waals surface area contributed by atoms with Gasteiger partial charge in [-0.15, -0.1) is 0 Å². The topological polar surface area (TPSA) is 77.4 Å². The molecule has 1 aromatic heterocycles. The zero-order valence-electron chi connectivity index (χ0n) is 11.4. The van der Waals surface area contributed by atoms with Crippen molar-refractivity contribution >= 4 is 11.5 Å². The molecule has 2 aromatic rings. The number of aryl methyl sites for hydroxylation is 1. The zero-order chi connectivity index (χ0) is 14.4. The third kappa shape index (κ3) is 4.13. The Bertz CT molecular complexity index is 560. The molecule has 1 heterocycles. The van der Waals surface area contributed by atoms with Crippen molar-refractivity contribution in [2.24, 2.45) is 0 Å². The van der Waals surface area contributed by atoms with Gasteiger partial charge >= 0.3 is 0 Å². The second kappa shape index (κ2) is 6.77. The monoisotopic (exact) mass is 273 g/mol. The maximum Gasteiger partial charge on any atom is 0.138 e. The molecule has 20 heavy (non-hydrogen) atoms. The summed E-state index contributed by atoms with van der Waals surface area (Å²) in [5.74, 6) is 0.916. The molecule has 0 saturated carbocycles. The molecular weight excluding hydrogens is 254 g/mol.